The third-order valence-electron chi connectivity index (χ3n) is 13.1. The number of carbonyl (C=O) groups is 3. The van der Waals surface area contributed by atoms with Gasteiger partial charge in [0.1, 0.15) is 13.2 Å². The van der Waals surface area contributed by atoms with E-state index in [2.05, 4.69) is 69.4 Å². The summed E-state index contributed by atoms with van der Waals surface area (Å²) >= 11 is 0. The quantitative estimate of drug-likeness (QED) is 0.0262. The van der Waals surface area contributed by atoms with E-state index in [1.807, 2.05) is 0 Å². The highest BCUT2D eigenvalue weighted by Gasteiger charge is 2.19. The second-order valence-electron chi connectivity index (χ2n) is 19.9. The normalized spacial score (nSPS) is 12.3. The fourth-order valence-electron chi connectivity index (χ4n) is 8.67. The molecule has 0 aliphatic heterocycles. The van der Waals surface area contributed by atoms with Crippen LogP contribution in [0.15, 0.2) is 48.6 Å². The molecule has 0 heterocycles. The SMILES string of the molecule is CC/C=C\C/C=C\C/C=C\C/C=C\CCCCCCCCCCC(=O)OCC(COC(=O)CCCCCCCCCC)OC(=O)CCCCCCCCCCCCCCCCCCCCCCC. The number of carbonyl (C=O) groups excluding carboxylic acids is 3. The van der Waals surface area contributed by atoms with Crippen molar-refractivity contribution in [3.05, 3.63) is 48.6 Å². The number of esters is 3. The largest absolute Gasteiger partial charge is 0.462 e. The smallest absolute Gasteiger partial charge is 0.306 e. The van der Waals surface area contributed by atoms with Crippen molar-refractivity contribution in [3.63, 3.8) is 0 Å². The minimum absolute atomic E-state index is 0.0718. The summed E-state index contributed by atoms with van der Waals surface area (Å²) < 4.78 is 16.8. The highest BCUT2D eigenvalue weighted by molar-refractivity contribution is 5.71. The van der Waals surface area contributed by atoms with Crippen molar-refractivity contribution in [2.75, 3.05) is 13.2 Å². The van der Waals surface area contributed by atoms with Gasteiger partial charge < -0.3 is 14.2 Å². The molecule has 1 atom stereocenters. The molecule has 0 spiro atoms. The number of hydrogen-bond donors (Lipinski definition) is 0. The van der Waals surface area contributed by atoms with Crippen LogP contribution in [-0.2, 0) is 28.6 Å². The van der Waals surface area contributed by atoms with Crippen LogP contribution in [0, 0.1) is 0 Å². The van der Waals surface area contributed by atoms with Crippen LogP contribution < -0.4 is 0 Å². The van der Waals surface area contributed by atoms with E-state index in [4.69, 9.17) is 14.2 Å². The highest BCUT2D eigenvalue weighted by atomic mass is 16.6. The summed E-state index contributed by atoms with van der Waals surface area (Å²) in [5.74, 6) is -0.868. The Bertz CT molecular complexity index is 1190. The van der Waals surface area contributed by atoms with E-state index in [0.29, 0.717) is 19.3 Å². The lowest BCUT2D eigenvalue weighted by atomic mass is 10.0. The van der Waals surface area contributed by atoms with Crippen LogP contribution >= 0.6 is 0 Å². The Morgan fingerprint density at radius 3 is 0.897 bits per heavy atom. The Balaban J connectivity index is 4.20. The van der Waals surface area contributed by atoms with Gasteiger partial charge in [0.2, 0.25) is 0 Å². The topological polar surface area (TPSA) is 78.9 Å². The zero-order valence-corrected chi connectivity index (χ0v) is 45.4. The van der Waals surface area contributed by atoms with Crippen molar-refractivity contribution in [1.29, 1.82) is 0 Å². The molecule has 0 saturated carbocycles. The number of hydrogen-bond acceptors (Lipinski definition) is 6. The maximum atomic E-state index is 12.8. The second kappa shape index (κ2) is 57.0. The maximum absolute atomic E-state index is 12.8. The van der Waals surface area contributed by atoms with Crippen LogP contribution in [0.3, 0.4) is 0 Å². The van der Waals surface area contributed by atoms with Gasteiger partial charge in [-0.2, -0.15) is 0 Å². The summed E-state index contributed by atoms with van der Waals surface area (Å²) in [6.07, 6.45) is 69.8. The van der Waals surface area contributed by atoms with Crippen LogP contribution in [0.1, 0.15) is 310 Å². The average Bonchev–Trinajstić information content (AvgIpc) is 3.34. The van der Waals surface area contributed by atoms with Crippen molar-refractivity contribution >= 4 is 17.9 Å². The molecule has 0 aliphatic rings. The zero-order chi connectivity index (χ0) is 49.3. The first-order valence-electron chi connectivity index (χ1n) is 29.6. The predicted molar refractivity (Wildman–Crippen MR) is 293 cm³/mol. The Morgan fingerprint density at radius 2 is 0.574 bits per heavy atom. The first-order chi connectivity index (χ1) is 33.5. The van der Waals surface area contributed by atoms with Crippen LogP contribution in [-0.4, -0.2) is 37.2 Å². The van der Waals surface area contributed by atoms with Gasteiger partial charge in [-0.05, 0) is 57.8 Å². The molecule has 0 amide bonds. The Kier molecular flexibility index (Phi) is 54.8. The van der Waals surface area contributed by atoms with E-state index < -0.39 is 6.10 Å². The van der Waals surface area contributed by atoms with Crippen molar-refractivity contribution in [2.45, 2.75) is 316 Å². The lowest BCUT2D eigenvalue weighted by Crippen LogP contribution is -2.30. The molecule has 0 aromatic carbocycles. The van der Waals surface area contributed by atoms with Gasteiger partial charge >= 0.3 is 17.9 Å². The molecule has 396 valence electrons. The van der Waals surface area contributed by atoms with Crippen molar-refractivity contribution < 1.29 is 28.6 Å². The number of rotatable bonds is 54. The van der Waals surface area contributed by atoms with Crippen molar-refractivity contribution in [1.82, 2.24) is 0 Å². The summed E-state index contributed by atoms with van der Waals surface area (Å²) in [6, 6.07) is 0. The minimum atomic E-state index is -0.772. The fourth-order valence-corrected chi connectivity index (χ4v) is 8.67. The van der Waals surface area contributed by atoms with E-state index in [9.17, 15) is 14.4 Å². The summed E-state index contributed by atoms with van der Waals surface area (Å²) in [5, 5.41) is 0. The van der Waals surface area contributed by atoms with E-state index in [1.165, 1.54) is 180 Å². The Hall–Kier alpha value is -2.63. The second-order valence-corrected chi connectivity index (χ2v) is 19.9. The molecule has 0 aliphatic carbocycles. The van der Waals surface area contributed by atoms with Crippen molar-refractivity contribution in [2.24, 2.45) is 0 Å². The van der Waals surface area contributed by atoms with E-state index >= 15 is 0 Å². The fraction of sp³-hybridized carbons (Fsp3) is 0.823. The Labute approximate surface area is 422 Å². The lowest BCUT2D eigenvalue weighted by Gasteiger charge is -2.18. The standard InChI is InChI=1S/C62H112O6/c1-4-7-10-13-16-19-21-23-25-27-29-31-33-35-37-39-41-43-46-49-52-55-61(64)67-58-59(57-66-60(63)54-51-48-45-18-15-12-9-6-3)68-62(65)56-53-50-47-44-42-40-38-36-34-32-30-28-26-24-22-20-17-14-11-8-5-2/h7,10,16,19,23,25,29,31,59H,4-6,8-9,11-15,17-18,20-22,24,26-28,30,32-58H2,1-3H3/b10-7-,19-16-,25-23-,31-29-. The minimum Gasteiger partial charge on any atom is -0.462 e. The van der Waals surface area contributed by atoms with Crippen LogP contribution in [0.5, 0.6) is 0 Å². The van der Waals surface area contributed by atoms with Crippen LogP contribution in [0.2, 0.25) is 0 Å². The van der Waals surface area contributed by atoms with Gasteiger partial charge in [0, 0.05) is 19.3 Å². The van der Waals surface area contributed by atoms with Gasteiger partial charge in [0.25, 0.3) is 0 Å². The Morgan fingerprint density at radius 1 is 0.309 bits per heavy atom. The number of allylic oxidation sites excluding steroid dienone is 8. The van der Waals surface area contributed by atoms with Gasteiger partial charge in [-0.3, -0.25) is 14.4 Å². The van der Waals surface area contributed by atoms with Gasteiger partial charge in [0.15, 0.2) is 6.10 Å². The molecule has 0 bridgehead atoms. The summed E-state index contributed by atoms with van der Waals surface area (Å²) in [5.41, 5.74) is 0. The molecular weight excluding hydrogens is 841 g/mol. The van der Waals surface area contributed by atoms with E-state index in [-0.39, 0.29) is 31.1 Å². The van der Waals surface area contributed by atoms with Gasteiger partial charge in [-0.1, -0.05) is 281 Å². The third-order valence-corrected chi connectivity index (χ3v) is 13.1. The molecule has 6 heteroatoms. The van der Waals surface area contributed by atoms with E-state index in [1.54, 1.807) is 0 Å². The van der Waals surface area contributed by atoms with Gasteiger partial charge in [-0.15, -0.1) is 0 Å². The molecule has 6 nitrogen and oxygen atoms in total. The monoisotopic (exact) mass is 953 g/mol. The molecular formula is C62H112O6. The zero-order valence-electron chi connectivity index (χ0n) is 45.4. The summed E-state index contributed by atoms with van der Waals surface area (Å²) in [4.78, 5) is 38.0. The maximum Gasteiger partial charge on any atom is 0.306 e. The number of ether oxygens (including phenoxy) is 3. The molecule has 0 radical (unpaired) electrons. The average molecular weight is 954 g/mol. The first kappa shape index (κ1) is 65.4. The van der Waals surface area contributed by atoms with E-state index in [0.717, 1.165) is 89.9 Å². The molecule has 0 rings (SSSR count). The molecule has 0 aromatic heterocycles. The summed E-state index contributed by atoms with van der Waals surface area (Å²) in [7, 11) is 0. The van der Waals surface area contributed by atoms with Gasteiger partial charge in [0.05, 0.1) is 0 Å². The molecule has 68 heavy (non-hydrogen) atoms. The van der Waals surface area contributed by atoms with Gasteiger partial charge in [-0.25, -0.2) is 0 Å². The first-order valence-corrected chi connectivity index (χ1v) is 29.6. The molecule has 0 aromatic rings. The highest BCUT2D eigenvalue weighted by Crippen LogP contribution is 2.17. The van der Waals surface area contributed by atoms with Crippen LogP contribution in [0.4, 0.5) is 0 Å². The molecule has 0 saturated heterocycles. The van der Waals surface area contributed by atoms with Crippen LogP contribution in [0.25, 0.3) is 0 Å². The summed E-state index contributed by atoms with van der Waals surface area (Å²) in [6.45, 7) is 6.53. The lowest BCUT2D eigenvalue weighted by molar-refractivity contribution is -0.167. The molecule has 0 N–H and O–H groups in total. The molecule has 1 unspecified atom stereocenters. The predicted octanol–water partition coefficient (Wildman–Crippen LogP) is 19.8. The number of unbranched alkanes of at least 4 members (excludes halogenated alkanes) is 35. The van der Waals surface area contributed by atoms with Crippen molar-refractivity contribution in [3.8, 4) is 0 Å². The molecule has 0 fully saturated rings. The third kappa shape index (κ3) is 54.3.